The molecule has 1 amide bonds. The Bertz CT molecular complexity index is 1060. The summed E-state index contributed by atoms with van der Waals surface area (Å²) in [6, 6.07) is 10.4. The molecule has 2 aromatic carbocycles. The molecule has 2 aromatic rings. The predicted molar refractivity (Wildman–Crippen MR) is 118 cm³/mol. The van der Waals surface area contributed by atoms with Crippen molar-refractivity contribution in [3.8, 4) is 0 Å². The largest absolute Gasteiger partial charge is 0.487 e. The Morgan fingerprint density at radius 3 is 2.71 bits per heavy atom. The van der Waals surface area contributed by atoms with Gasteiger partial charge in [0, 0.05) is 48.6 Å². The van der Waals surface area contributed by atoms with Gasteiger partial charge < -0.3 is 20.1 Å². The van der Waals surface area contributed by atoms with Gasteiger partial charge in [-0.05, 0) is 50.2 Å². The molecule has 0 saturated carbocycles. The zero-order chi connectivity index (χ0) is 21.5. The van der Waals surface area contributed by atoms with Crippen LogP contribution in [0.4, 0.5) is 15.8 Å². The van der Waals surface area contributed by atoms with Crippen molar-refractivity contribution in [3.05, 3.63) is 58.9 Å². The zero-order valence-corrected chi connectivity index (χ0v) is 17.7. The molecule has 0 unspecified atom stereocenters. The van der Waals surface area contributed by atoms with E-state index in [1.807, 2.05) is 12.1 Å². The predicted octanol–water partition coefficient (Wildman–Crippen LogP) is 3.70. The summed E-state index contributed by atoms with van der Waals surface area (Å²) in [5.74, 6) is -0.0879. The van der Waals surface area contributed by atoms with E-state index in [0.717, 1.165) is 43.0 Å². The van der Waals surface area contributed by atoms with Crippen LogP contribution in [0.5, 0.6) is 0 Å². The lowest BCUT2D eigenvalue weighted by Crippen LogP contribution is -2.46. The van der Waals surface area contributed by atoms with Gasteiger partial charge >= 0.3 is 0 Å². The number of carbonyl (C=O) groups excluding carboxylic acids is 1. The van der Waals surface area contributed by atoms with Crippen molar-refractivity contribution in [2.24, 2.45) is 0 Å². The lowest BCUT2D eigenvalue weighted by molar-refractivity contribution is -0.110. The van der Waals surface area contributed by atoms with Crippen LogP contribution in [0.2, 0.25) is 0 Å². The van der Waals surface area contributed by atoms with Crippen molar-refractivity contribution < 1.29 is 18.7 Å². The molecular formula is C24H26FN3O3. The van der Waals surface area contributed by atoms with E-state index in [4.69, 9.17) is 9.47 Å². The number of fused-ring (bicyclic) bond motifs is 2. The third kappa shape index (κ3) is 3.91. The first-order valence-electron chi connectivity index (χ1n) is 10.7. The average Bonchev–Trinajstić information content (AvgIpc) is 3.26. The first-order valence-corrected chi connectivity index (χ1v) is 10.7. The number of nitrogens with zero attached hydrogens (tertiary/aromatic N) is 1. The molecule has 2 N–H and O–H groups in total. The Hall–Kier alpha value is -2.90. The highest BCUT2D eigenvalue weighted by Crippen LogP contribution is 2.42. The van der Waals surface area contributed by atoms with Crippen molar-refractivity contribution in [2.75, 3.05) is 36.8 Å². The summed E-state index contributed by atoms with van der Waals surface area (Å²) < 4.78 is 25.2. The molecule has 1 saturated heterocycles. The molecule has 3 aliphatic heterocycles. The minimum absolute atomic E-state index is 0.264. The molecule has 3 heterocycles. The van der Waals surface area contributed by atoms with Gasteiger partial charge in [-0.15, -0.1) is 0 Å². The van der Waals surface area contributed by atoms with Crippen molar-refractivity contribution in [2.45, 2.75) is 32.7 Å². The lowest BCUT2D eigenvalue weighted by atomic mass is 10.00. The maximum atomic E-state index is 13.5. The summed E-state index contributed by atoms with van der Waals surface area (Å²) in [4.78, 5) is 15.0. The SMILES string of the molecule is C[C@@H]1CN(CCNc2ccc3c(c2)CO/C3=C2/C(=O)Nc3cc(F)ccc32)C[C@H](C)O1. The van der Waals surface area contributed by atoms with E-state index in [1.165, 1.54) is 12.1 Å². The number of morpholine rings is 1. The monoisotopic (exact) mass is 423 g/mol. The van der Waals surface area contributed by atoms with Crippen LogP contribution in [0.15, 0.2) is 36.4 Å². The Morgan fingerprint density at radius 1 is 1.13 bits per heavy atom. The average molecular weight is 423 g/mol. The number of rotatable bonds is 4. The van der Waals surface area contributed by atoms with Gasteiger partial charge in [0.2, 0.25) is 0 Å². The van der Waals surface area contributed by atoms with Crippen LogP contribution in [0.25, 0.3) is 11.3 Å². The molecular weight excluding hydrogens is 397 g/mol. The number of benzene rings is 2. The van der Waals surface area contributed by atoms with E-state index in [0.29, 0.717) is 29.2 Å². The van der Waals surface area contributed by atoms with Gasteiger partial charge in [-0.3, -0.25) is 9.69 Å². The number of anilines is 2. The maximum Gasteiger partial charge on any atom is 0.260 e. The lowest BCUT2D eigenvalue weighted by Gasteiger charge is -2.35. The number of ether oxygens (including phenoxy) is 2. The Morgan fingerprint density at radius 2 is 1.90 bits per heavy atom. The summed E-state index contributed by atoms with van der Waals surface area (Å²) in [6.45, 7) is 8.34. The number of hydrogen-bond acceptors (Lipinski definition) is 5. The molecule has 31 heavy (non-hydrogen) atoms. The van der Waals surface area contributed by atoms with Crippen molar-refractivity contribution in [1.82, 2.24) is 4.90 Å². The highest BCUT2D eigenvalue weighted by Gasteiger charge is 2.32. The fraction of sp³-hybridized carbons (Fsp3) is 0.375. The molecule has 2 atom stereocenters. The number of carbonyl (C=O) groups is 1. The normalized spacial score (nSPS) is 25.1. The molecule has 0 radical (unpaired) electrons. The first-order chi connectivity index (χ1) is 15.0. The second-order valence-electron chi connectivity index (χ2n) is 8.45. The van der Waals surface area contributed by atoms with Crippen molar-refractivity contribution in [3.63, 3.8) is 0 Å². The molecule has 6 nitrogen and oxygen atoms in total. The molecule has 0 aromatic heterocycles. The van der Waals surface area contributed by atoms with E-state index in [9.17, 15) is 9.18 Å². The van der Waals surface area contributed by atoms with E-state index >= 15 is 0 Å². The van der Waals surface area contributed by atoms with Gasteiger partial charge in [-0.1, -0.05) is 0 Å². The molecule has 5 rings (SSSR count). The maximum absolute atomic E-state index is 13.5. The van der Waals surface area contributed by atoms with Gasteiger partial charge in [0.25, 0.3) is 5.91 Å². The highest BCUT2D eigenvalue weighted by atomic mass is 19.1. The van der Waals surface area contributed by atoms with Crippen LogP contribution in [0.3, 0.4) is 0 Å². The quantitative estimate of drug-likeness (QED) is 0.735. The molecule has 7 heteroatoms. The van der Waals surface area contributed by atoms with Crippen LogP contribution >= 0.6 is 0 Å². The van der Waals surface area contributed by atoms with Crippen LogP contribution < -0.4 is 10.6 Å². The fourth-order valence-corrected chi connectivity index (χ4v) is 4.67. The zero-order valence-electron chi connectivity index (χ0n) is 17.7. The number of hydrogen-bond donors (Lipinski definition) is 2. The van der Waals surface area contributed by atoms with Crippen molar-refractivity contribution in [1.29, 1.82) is 0 Å². The molecule has 3 aliphatic rings. The van der Waals surface area contributed by atoms with Gasteiger partial charge in [0.1, 0.15) is 18.2 Å². The minimum Gasteiger partial charge on any atom is -0.487 e. The third-order valence-electron chi connectivity index (χ3n) is 5.93. The smallest absolute Gasteiger partial charge is 0.260 e. The van der Waals surface area contributed by atoms with Crippen molar-refractivity contribution >= 4 is 28.6 Å². The van der Waals surface area contributed by atoms with Crippen LogP contribution in [0.1, 0.15) is 30.5 Å². The Labute approximate surface area is 181 Å². The van der Waals surface area contributed by atoms with Gasteiger partial charge in [-0.25, -0.2) is 4.39 Å². The highest BCUT2D eigenvalue weighted by molar-refractivity contribution is 6.36. The summed E-state index contributed by atoms with van der Waals surface area (Å²) in [5.41, 5.74) is 4.58. The second-order valence-corrected chi connectivity index (χ2v) is 8.45. The number of amides is 1. The van der Waals surface area contributed by atoms with Crippen LogP contribution in [0, 0.1) is 5.82 Å². The third-order valence-corrected chi connectivity index (χ3v) is 5.93. The Kier molecular flexibility index (Phi) is 5.16. The molecule has 0 bridgehead atoms. The second kappa shape index (κ2) is 7.98. The van der Waals surface area contributed by atoms with E-state index in [1.54, 1.807) is 6.07 Å². The van der Waals surface area contributed by atoms with E-state index < -0.39 is 0 Å². The van der Waals surface area contributed by atoms with Gasteiger partial charge in [-0.2, -0.15) is 0 Å². The van der Waals surface area contributed by atoms with Gasteiger partial charge in [0.05, 0.1) is 23.5 Å². The topological polar surface area (TPSA) is 62.8 Å². The van der Waals surface area contributed by atoms with Crippen LogP contribution in [-0.2, 0) is 20.9 Å². The number of nitrogens with one attached hydrogen (secondary N) is 2. The molecule has 0 spiro atoms. The summed E-state index contributed by atoms with van der Waals surface area (Å²) in [7, 11) is 0. The summed E-state index contributed by atoms with van der Waals surface area (Å²) in [5, 5.41) is 6.22. The summed E-state index contributed by atoms with van der Waals surface area (Å²) in [6.07, 6.45) is 0.531. The summed E-state index contributed by atoms with van der Waals surface area (Å²) >= 11 is 0. The molecule has 162 valence electrons. The molecule has 1 fully saturated rings. The fourth-order valence-electron chi connectivity index (χ4n) is 4.67. The van der Waals surface area contributed by atoms with E-state index in [2.05, 4.69) is 35.4 Å². The van der Waals surface area contributed by atoms with Crippen LogP contribution in [-0.4, -0.2) is 49.2 Å². The van der Waals surface area contributed by atoms with E-state index in [-0.39, 0.29) is 23.9 Å². The van der Waals surface area contributed by atoms with Gasteiger partial charge in [0.15, 0.2) is 0 Å². The molecule has 0 aliphatic carbocycles. The first kappa shape index (κ1) is 20.0. The Balaban J connectivity index is 1.31. The number of halogens is 1. The minimum atomic E-state index is -0.380. The standard InChI is InChI=1S/C24H26FN3O3/c1-14-11-28(12-15(2)31-14)8-7-26-18-4-6-19-16(9-18)13-30-23(19)22-20-5-3-17(25)10-21(20)27-24(22)29/h3-6,9-10,14-15,26H,7-8,11-13H2,1-2H3,(H,27,29)/b23-22+/t14-,15+.